The predicted molar refractivity (Wildman–Crippen MR) is 69.9 cm³/mol. The molecule has 0 aromatic heterocycles. The molecule has 114 valence electrons. The smallest absolute Gasteiger partial charge is 0.329 e. The van der Waals surface area contributed by atoms with Crippen LogP contribution in [0.25, 0.3) is 0 Å². The summed E-state index contributed by atoms with van der Waals surface area (Å²) in [6, 6.07) is -1.56. The van der Waals surface area contributed by atoms with Gasteiger partial charge in [0, 0.05) is 26.1 Å². The van der Waals surface area contributed by atoms with E-state index in [9.17, 15) is 19.5 Å². The van der Waals surface area contributed by atoms with Gasteiger partial charge in [0.05, 0.1) is 0 Å². The van der Waals surface area contributed by atoms with E-state index in [-0.39, 0.29) is 32.0 Å². The zero-order valence-corrected chi connectivity index (χ0v) is 11.6. The molecule has 1 rings (SSSR count). The van der Waals surface area contributed by atoms with E-state index >= 15 is 0 Å². The van der Waals surface area contributed by atoms with Crippen LogP contribution in [-0.4, -0.2) is 47.8 Å². The zero-order valence-electron chi connectivity index (χ0n) is 11.6. The summed E-state index contributed by atoms with van der Waals surface area (Å²) in [6.07, 6.45) is 0.358. The third kappa shape index (κ3) is 3.83. The minimum atomic E-state index is -1.36. The molecule has 0 aromatic carbocycles. The first-order chi connectivity index (χ1) is 9.28. The molecule has 0 bridgehead atoms. The highest BCUT2D eigenvalue weighted by Crippen LogP contribution is 2.21. The fourth-order valence-corrected chi connectivity index (χ4v) is 2.07. The molecular weight excluding hydrogens is 266 g/mol. The summed E-state index contributed by atoms with van der Waals surface area (Å²) in [5.41, 5.74) is 3.83. The Balaban J connectivity index is 2.71. The second-order valence-corrected chi connectivity index (χ2v) is 5.22. The first-order valence-electron chi connectivity index (χ1n) is 6.47. The number of aliphatic carboxylic acids is 1. The lowest BCUT2D eigenvalue weighted by Gasteiger charge is -2.34. The van der Waals surface area contributed by atoms with Crippen molar-refractivity contribution in [1.82, 2.24) is 10.6 Å². The number of nitrogens with two attached hydrogens (primary N) is 1. The highest BCUT2D eigenvalue weighted by molar-refractivity contribution is 5.89. The van der Waals surface area contributed by atoms with E-state index in [1.165, 1.54) is 0 Å². The van der Waals surface area contributed by atoms with E-state index in [0.717, 1.165) is 0 Å². The Morgan fingerprint density at radius 3 is 2.20 bits per heavy atom. The zero-order chi connectivity index (χ0) is 15.3. The van der Waals surface area contributed by atoms with Crippen LogP contribution in [0.4, 0.5) is 4.79 Å². The predicted octanol–water partition coefficient (Wildman–Crippen LogP) is -0.571. The topological polar surface area (TPSA) is 131 Å². The molecule has 1 aliphatic heterocycles. The molecule has 1 saturated heterocycles. The van der Waals surface area contributed by atoms with Gasteiger partial charge >= 0.3 is 12.0 Å². The molecule has 0 aromatic rings. The molecule has 1 fully saturated rings. The molecule has 8 nitrogen and oxygen atoms in total. The van der Waals surface area contributed by atoms with E-state index < -0.39 is 29.5 Å². The fourth-order valence-electron chi connectivity index (χ4n) is 2.07. The van der Waals surface area contributed by atoms with Crippen LogP contribution < -0.4 is 16.4 Å². The van der Waals surface area contributed by atoms with Crippen molar-refractivity contribution in [2.45, 2.75) is 38.3 Å². The van der Waals surface area contributed by atoms with Crippen LogP contribution >= 0.6 is 0 Å². The van der Waals surface area contributed by atoms with Crippen molar-refractivity contribution in [3.8, 4) is 0 Å². The Morgan fingerprint density at radius 1 is 1.25 bits per heavy atom. The minimum Gasteiger partial charge on any atom is -0.480 e. The summed E-state index contributed by atoms with van der Waals surface area (Å²) in [6.45, 7) is 3.99. The summed E-state index contributed by atoms with van der Waals surface area (Å²) in [5, 5.41) is 14.1. The van der Waals surface area contributed by atoms with E-state index in [1.807, 2.05) is 0 Å². The van der Waals surface area contributed by atoms with Gasteiger partial charge in [-0.2, -0.15) is 0 Å². The van der Waals surface area contributed by atoms with Crippen molar-refractivity contribution < 1.29 is 24.2 Å². The number of urea groups is 1. The minimum absolute atomic E-state index is 0.179. The van der Waals surface area contributed by atoms with E-state index in [4.69, 9.17) is 10.5 Å². The second-order valence-electron chi connectivity index (χ2n) is 5.22. The highest BCUT2D eigenvalue weighted by Gasteiger charge is 2.42. The number of rotatable bonds is 5. The Morgan fingerprint density at radius 2 is 1.80 bits per heavy atom. The summed E-state index contributed by atoms with van der Waals surface area (Å²) >= 11 is 0. The summed E-state index contributed by atoms with van der Waals surface area (Å²) in [5.74, 6) is -1.96. The first kappa shape index (κ1) is 16.2. The molecule has 1 heterocycles. The molecule has 3 amide bonds. The van der Waals surface area contributed by atoms with Crippen molar-refractivity contribution in [2.75, 3.05) is 13.2 Å². The molecule has 8 heteroatoms. The highest BCUT2D eigenvalue weighted by atomic mass is 16.5. The van der Waals surface area contributed by atoms with Crippen molar-refractivity contribution in [1.29, 1.82) is 0 Å². The lowest BCUT2D eigenvalue weighted by molar-refractivity contribution is -0.148. The molecule has 20 heavy (non-hydrogen) atoms. The molecule has 0 spiro atoms. The van der Waals surface area contributed by atoms with E-state index in [0.29, 0.717) is 0 Å². The van der Waals surface area contributed by atoms with Gasteiger partial charge in [-0.15, -0.1) is 0 Å². The van der Waals surface area contributed by atoms with Gasteiger partial charge in [0.1, 0.15) is 11.6 Å². The average molecular weight is 287 g/mol. The third-order valence-corrected chi connectivity index (χ3v) is 3.37. The molecular formula is C12H21N3O5. The molecule has 1 atom stereocenters. The maximum absolute atomic E-state index is 11.9. The Bertz CT molecular complexity index is 391. The van der Waals surface area contributed by atoms with Crippen molar-refractivity contribution >= 4 is 17.9 Å². The molecule has 1 unspecified atom stereocenters. The van der Waals surface area contributed by atoms with Crippen molar-refractivity contribution in [2.24, 2.45) is 11.7 Å². The van der Waals surface area contributed by atoms with E-state index in [1.54, 1.807) is 13.8 Å². The van der Waals surface area contributed by atoms with Gasteiger partial charge < -0.3 is 26.2 Å². The number of nitrogens with one attached hydrogen (secondary N) is 2. The monoisotopic (exact) mass is 287 g/mol. The number of primary amides is 1. The van der Waals surface area contributed by atoms with Crippen LogP contribution in [0.15, 0.2) is 0 Å². The van der Waals surface area contributed by atoms with Crippen molar-refractivity contribution in [3.05, 3.63) is 0 Å². The van der Waals surface area contributed by atoms with Gasteiger partial charge in [0.2, 0.25) is 5.91 Å². The molecule has 0 aliphatic carbocycles. The third-order valence-electron chi connectivity index (χ3n) is 3.37. The molecule has 0 saturated carbocycles. The number of carboxylic acid groups (broad SMARTS) is 1. The normalized spacial score (nSPS) is 19.1. The van der Waals surface area contributed by atoms with Crippen LogP contribution in [0.1, 0.15) is 26.7 Å². The number of ether oxygens (including phenoxy) is 1. The summed E-state index contributed by atoms with van der Waals surface area (Å²) in [4.78, 5) is 34.5. The fraction of sp³-hybridized carbons (Fsp3) is 0.750. The Labute approximate surface area is 117 Å². The molecule has 5 N–H and O–H groups in total. The number of hydrogen-bond donors (Lipinski definition) is 4. The van der Waals surface area contributed by atoms with Crippen LogP contribution in [0.5, 0.6) is 0 Å². The van der Waals surface area contributed by atoms with Gasteiger partial charge in [-0.05, 0) is 5.92 Å². The van der Waals surface area contributed by atoms with Crippen LogP contribution in [0.2, 0.25) is 0 Å². The van der Waals surface area contributed by atoms with E-state index in [2.05, 4.69) is 10.6 Å². The van der Waals surface area contributed by atoms with Gasteiger partial charge in [0.15, 0.2) is 0 Å². The largest absolute Gasteiger partial charge is 0.480 e. The summed E-state index contributed by atoms with van der Waals surface area (Å²) in [7, 11) is 0. The Kier molecular flexibility index (Phi) is 5.32. The number of carbonyl (C=O) groups excluding carboxylic acids is 2. The lowest BCUT2D eigenvalue weighted by Crippen LogP contribution is -2.62. The molecule has 1 aliphatic rings. The van der Waals surface area contributed by atoms with Gasteiger partial charge in [-0.3, -0.25) is 4.79 Å². The standard InChI is InChI=1S/C12H21N3O5/c1-7(2)8(9(13)16)14-11(19)15-12(10(17)18)3-5-20-6-4-12/h7-8H,3-6H2,1-2H3,(H2,13,16)(H,17,18)(H2,14,15,19). The lowest BCUT2D eigenvalue weighted by atomic mass is 9.90. The number of hydrogen-bond acceptors (Lipinski definition) is 4. The van der Waals surface area contributed by atoms with Crippen LogP contribution in [0, 0.1) is 5.92 Å². The second kappa shape index (κ2) is 6.56. The average Bonchev–Trinajstić information content (AvgIpc) is 2.36. The number of carboxylic acids is 1. The quantitative estimate of drug-likeness (QED) is 0.538. The SMILES string of the molecule is CC(C)C(NC(=O)NC1(C(=O)O)CCOCC1)C(N)=O. The Hall–Kier alpha value is -1.83. The van der Waals surface area contributed by atoms with Gasteiger partial charge in [0.25, 0.3) is 0 Å². The number of amides is 3. The van der Waals surface area contributed by atoms with Gasteiger partial charge in [-0.1, -0.05) is 13.8 Å². The van der Waals surface area contributed by atoms with Gasteiger partial charge in [-0.25, -0.2) is 9.59 Å². The first-order valence-corrected chi connectivity index (χ1v) is 6.47. The maximum Gasteiger partial charge on any atom is 0.329 e. The molecule has 0 radical (unpaired) electrons. The van der Waals surface area contributed by atoms with Crippen LogP contribution in [0.3, 0.4) is 0 Å². The summed E-state index contributed by atoms with van der Waals surface area (Å²) < 4.78 is 5.10. The number of carbonyl (C=O) groups is 3. The van der Waals surface area contributed by atoms with Crippen LogP contribution in [-0.2, 0) is 14.3 Å². The van der Waals surface area contributed by atoms with Crippen molar-refractivity contribution in [3.63, 3.8) is 0 Å². The maximum atomic E-state index is 11.9.